The Kier molecular flexibility index (Phi) is 3.83. The zero-order valence-corrected chi connectivity index (χ0v) is 11.6. The van der Waals surface area contributed by atoms with E-state index in [1.165, 1.54) is 22.3 Å². The van der Waals surface area contributed by atoms with Crippen LogP contribution >= 0.6 is 0 Å². The minimum atomic E-state index is -0.293. The zero-order valence-electron chi connectivity index (χ0n) is 11.6. The van der Waals surface area contributed by atoms with E-state index in [-0.39, 0.29) is 12.3 Å². The molecule has 0 unspecified atom stereocenters. The Morgan fingerprint density at radius 1 is 0.850 bits per heavy atom. The van der Waals surface area contributed by atoms with Gasteiger partial charge in [-0.3, -0.25) is 10.6 Å². The zero-order chi connectivity index (χ0) is 13.9. The Morgan fingerprint density at radius 2 is 1.35 bits per heavy atom. The van der Waals surface area contributed by atoms with Crippen LogP contribution in [0.4, 0.5) is 0 Å². The molecular weight excluding hydrogens is 248 g/mol. The van der Waals surface area contributed by atoms with E-state index in [1.54, 1.807) is 0 Å². The maximum absolute atomic E-state index is 9.46. The second-order valence-electron chi connectivity index (χ2n) is 5.39. The van der Waals surface area contributed by atoms with Crippen LogP contribution in [0.2, 0.25) is 0 Å². The molecule has 1 heterocycles. The fourth-order valence-electron chi connectivity index (χ4n) is 2.50. The van der Waals surface area contributed by atoms with Crippen LogP contribution in [0.15, 0.2) is 48.5 Å². The number of aryl methyl sites for hydroxylation is 1. The first kappa shape index (κ1) is 13.3. The Morgan fingerprint density at radius 3 is 1.90 bits per heavy atom. The van der Waals surface area contributed by atoms with Crippen molar-refractivity contribution in [2.45, 2.75) is 19.2 Å². The van der Waals surface area contributed by atoms with Crippen LogP contribution in [0, 0.1) is 6.92 Å². The van der Waals surface area contributed by atoms with E-state index >= 15 is 0 Å². The molecule has 0 amide bonds. The summed E-state index contributed by atoms with van der Waals surface area (Å²) in [5.74, 6) is 0. The van der Waals surface area contributed by atoms with Crippen molar-refractivity contribution < 1.29 is 5.11 Å². The highest BCUT2D eigenvalue weighted by atomic mass is 16.3. The molecule has 1 saturated heterocycles. The SMILES string of the molecule is Cc1ccc(-c2ccc(C3NCC(O)CN3)cc2)cc1. The lowest BCUT2D eigenvalue weighted by molar-refractivity contribution is 0.129. The van der Waals surface area contributed by atoms with Gasteiger partial charge in [0, 0.05) is 13.1 Å². The topological polar surface area (TPSA) is 44.3 Å². The molecule has 3 nitrogen and oxygen atoms in total. The summed E-state index contributed by atoms with van der Waals surface area (Å²) in [6, 6.07) is 17.1. The van der Waals surface area contributed by atoms with Crippen molar-refractivity contribution in [1.29, 1.82) is 0 Å². The first-order valence-corrected chi connectivity index (χ1v) is 7.04. The van der Waals surface area contributed by atoms with Gasteiger partial charge < -0.3 is 5.11 Å². The summed E-state index contributed by atoms with van der Waals surface area (Å²) in [6.07, 6.45) is -0.163. The van der Waals surface area contributed by atoms with Gasteiger partial charge >= 0.3 is 0 Å². The highest BCUT2D eigenvalue weighted by molar-refractivity contribution is 5.64. The van der Waals surface area contributed by atoms with Crippen LogP contribution in [0.25, 0.3) is 11.1 Å². The average molecular weight is 268 g/mol. The van der Waals surface area contributed by atoms with Crippen LogP contribution in [-0.4, -0.2) is 24.3 Å². The maximum Gasteiger partial charge on any atom is 0.0837 e. The second-order valence-corrected chi connectivity index (χ2v) is 5.39. The number of aliphatic hydroxyl groups excluding tert-OH is 1. The third-order valence-electron chi connectivity index (χ3n) is 3.74. The number of rotatable bonds is 2. The molecule has 1 fully saturated rings. The molecule has 0 aromatic heterocycles. The first-order valence-electron chi connectivity index (χ1n) is 7.04. The van der Waals surface area contributed by atoms with E-state index in [2.05, 4.69) is 66.1 Å². The van der Waals surface area contributed by atoms with Crippen molar-refractivity contribution in [2.75, 3.05) is 13.1 Å². The Labute approximate surface area is 119 Å². The monoisotopic (exact) mass is 268 g/mol. The summed E-state index contributed by atoms with van der Waals surface area (Å²) in [6.45, 7) is 3.37. The van der Waals surface area contributed by atoms with Crippen LogP contribution in [0.3, 0.4) is 0 Å². The maximum atomic E-state index is 9.46. The predicted molar refractivity (Wildman–Crippen MR) is 81.4 cm³/mol. The average Bonchev–Trinajstić information content (AvgIpc) is 2.49. The fourth-order valence-corrected chi connectivity index (χ4v) is 2.50. The van der Waals surface area contributed by atoms with Crippen LogP contribution in [-0.2, 0) is 0 Å². The summed E-state index contributed by atoms with van der Waals surface area (Å²) in [7, 11) is 0. The summed E-state index contributed by atoms with van der Waals surface area (Å²) in [5, 5.41) is 16.0. The van der Waals surface area contributed by atoms with E-state index < -0.39 is 0 Å². The van der Waals surface area contributed by atoms with Gasteiger partial charge in [0.05, 0.1) is 12.3 Å². The molecule has 1 aliphatic rings. The van der Waals surface area contributed by atoms with Gasteiger partial charge in [-0.05, 0) is 23.6 Å². The highest BCUT2D eigenvalue weighted by Crippen LogP contribution is 2.22. The van der Waals surface area contributed by atoms with Crippen molar-refractivity contribution >= 4 is 0 Å². The molecule has 0 saturated carbocycles. The molecule has 2 aromatic carbocycles. The molecule has 20 heavy (non-hydrogen) atoms. The molecule has 3 rings (SSSR count). The van der Waals surface area contributed by atoms with Crippen molar-refractivity contribution in [3.63, 3.8) is 0 Å². The van der Waals surface area contributed by atoms with Crippen LogP contribution in [0.5, 0.6) is 0 Å². The third kappa shape index (κ3) is 2.90. The molecular formula is C17H20N2O. The standard InChI is InChI=1S/C17H20N2O/c1-12-2-4-13(5-3-12)14-6-8-15(9-7-14)17-18-10-16(20)11-19-17/h2-9,16-20H,10-11H2,1H3. The fraction of sp³-hybridized carbons (Fsp3) is 0.294. The quantitative estimate of drug-likeness (QED) is 0.782. The number of nitrogens with one attached hydrogen (secondary N) is 2. The van der Waals surface area contributed by atoms with Gasteiger partial charge in [-0.25, -0.2) is 0 Å². The number of benzene rings is 2. The summed E-state index contributed by atoms with van der Waals surface area (Å²) >= 11 is 0. The van der Waals surface area contributed by atoms with E-state index in [4.69, 9.17) is 0 Å². The Bertz CT molecular complexity index is 555. The highest BCUT2D eigenvalue weighted by Gasteiger charge is 2.18. The lowest BCUT2D eigenvalue weighted by atomic mass is 10.0. The van der Waals surface area contributed by atoms with Gasteiger partial charge in [-0.15, -0.1) is 0 Å². The lowest BCUT2D eigenvalue weighted by Gasteiger charge is -2.28. The lowest BCUT2D eigenvalue weighted by Crippen LogP contribution is -2.49. The minimum Gasteiger partial charge on any atom is -0.390 e. The normalized spacial score (nSPS) is 22.7. The van der Waals surface area contributed by atoms with Crippen molar-refractivity contribution in [3.8, 4) is 11.1 Å². The van der Waals surface area contributed by atoms with Crippen molar-refractivity contribution in [1.82, 2.24) is 10.6 Å². The van der Waals surface area contributed by atoms with Gasteiger partial charge in [0.25, 0.3) is 0 Å². The molecule has 0 radical (unpaired) electrons. The number of aliphatic hydroxyl groups is 1. The number of β-amino-alcohol motifs (C(OH)–C–C–N with tert-alkyl or cyclic N) is 1. The second kappa shape index (κ2) is 5.75. The molecule has 0 aliphatic carbocycles. The van der Waals surface area contributed by atoms with Crippen LogP contribution in [0.1, 0.15) is 17.3 Å². The molecule has 1 aliphatic heterocycles. The molecule has 0 atom stereocenters. The Hall–Kier alpha value is -1.68. The van der Waals surface area contributed by atoms with Gasteiger partial charge in [-0.1, -0.05) is 54.1 Å². The largest absolute Gasteiger partial charge is 0.390 e. The van der Waals surface area contributed by atoms with Crippen molar-refractivity contribution in [2.24, 2.45) is 0 Å². The van der Waals surface area contributed by atoms with Gasteiger partial charge in [0.2, 0.25) is 0 Å². The van der Waals surface area contributed by atoms with Crippen LogP contribution < -0.4 is 10.6 Å². The van der Waals surface area contributed by atoms with Gasteiger partial charge in [-0.2, -0.15) is 0 Å². The molecule has 3 heteroatoms. The Balaban J connectivity index is 1.76. The molecule has 3 N–H and O–H groups in total. The summed E-state index contributed by atoms with van der Waals surface area (Å²) in [5.41, 5.74) is 4.94. The minimum absolute atomic E-state index is 0.130. The van der Waals surface area contributed by atoms with Gasteiger partial charge in [0.1, 0.15) is 0 Å². The molecule has 2 aromatic rings. The molecule has 104 valence electrons. The number of hydrogen-bond acceptors (Lipinski definition) is 3. The van der Waals surface area contributed by atoms with E-state index in [0.29, 0.717) is 13.1 Å². The van der Waals surface area contributed by atoms with E-state index in [1.807, 2.05) is 0 Å². The smallest absolute Gasteiger partial charge is 0.0837 e. The summed E-state index contributed by atoms with van der Waals surface area (Å²) < 4.78 is 0. The predicted octanol–water partition coefficient (Wildman–Crippen LogP) is 2.21. The molecule has 0 spiro atoms. The van der Waals surface area contributed by atoms with Crippen molar-refractivity contribution in [3.05, 3.63) is 59.7 Å². The summed E-state index contributed by atoms with van der Waals surface area (Å²) in [4.78, 5) is 0. The van der Waals surface area contributed by atoms with Gasteiger partial charge in [0.15, 0.2) is 0 Å². The number of hydrogen-bond donors (Lipinski definition) is 3. The van der Waals surface area contributed by atoms with E-state index in [9.17, 15) is 5.11 Å². The van der Waals surface area contributed by atoms with E-state index in [0.717, 1.165) is 0 Å². The first-order chi connectivity index (χ1) is 9.72. The molecule has 0 bridgehead atoms. The third-order valence-corrected chi connectivity index (χ3v) is 3.74.